The van der Waals surface area contributed by atoms with E-state index in [2.05, 4.69) is 20.2 Å². The van der Waals surface area contributed by atoms with E-state index in [0.717, 1.165) is 0 Å². The van der Waals surface area contributed by atoms with E-state index in [0.29, 0.717) is 0 Å². The number of nitrogens with zero attached hydrogens (tertiary/aromatic N) is 4. The molecule has 0 saturated carbocycles. The first-order chi connectivity index (χ1) is 9.47. The van der Waals surface area contributed by atoms with Gasteiger partial charge in [-0.25, -0.2) is 4.79 Å². The van der Waals surface area contributed by atoms with E-state index in [1.165, 1.54) is 6.08 Å². The van der Waals surface area contributed by atoms with Crippen LogP contribution in [0.25, 0.3) is 0 Å². The molecule has 20 heavy (non-hydrogen) atoms. The van der Waals surface area contributed by atoms with Crippen molar-refractivity contribution in [3.8, 4) is 0 Å². The van der Waals surface area contributed by atoms with Crippen molar-refractivity contribution in [2.45, 2.75) is 12.5 Å². The van der Waals surface area contributed by atoms with Crippen molar-refractivity contribution in [3.05, 3.63) is 23.8 Å². The monoisotopic (exact) mass is 275 g/mol. The number of nitrogen functional groups attached to an aromatic ring is 3. The topological polar surface area (TPSA) is 166 Å². The molecule has 2 rings (SSSR count). The number of nitrogens with two attached hydrogens (primary N) is 3. The number of carbonyl (C=O) groups is 1. The molecule has 9 heteroatoms. The number of azo groups is 1. The van der Waals surface area contributed by atoms with Gasteiger partial charge < -0.3 is 22.3 Å². The number of anilines is 3. The molecule has 0 aliphatic heterocycles. The van der Waals surface area contributed by atoms with Crippen molar-refractivity contribution in [1.29, 1.82) is 0 Å². The third-order valence-corrected chi connectivity index (χ3v) is 2.60. The van der Waals surface area contributed by atoms with Crippen molar-refractivity contribution >= 4 is 29.2 Å². The van der Waals surface area contributed by atoms with E-state index >= 15 is 0 Å². The molecule has 104 valence electrons. The molecule has 1 aliphatic carbocycles. The molecular weight excluding hydrogens is 262 g/mol. The Morgan fingerprint density at radius 1 is 1.30 bits per heavy atom. The van der Waals surface area contributed by atoms with Crippen molar-refractivity contribution in [1.82, 2.24) is 9.97 Å². The highest BCUT2D eigenvalue weighted by Gasteiger charge is 2.16. The average Bonchev–Trinajstić information content (AvgIpc) is 2.37. The Balaban J connectivity index is 2.18. The molecule has 7 N–H and O–H groups in total. The molecule has 0 spiro atoms. The number of carboxylic acid groups (broad SMARTS) is 1. The quantitative estimate of drug-likeness (QED) is 0.587. The van der Waals surface area contributed by atoms with Crippen LogP contribution in [0.2, 0.25) is 0 Å². The van der Waals surface area contributed by atoms with Gasteiger partial charge in [-0.05, 0) is 0 Å². The Bertz CT molecular complexity index is 613. The molecule has 0 bridgehead atoms. The van der Waals surface area contributed by atoms with Gasteiger partial charge in [0.25, 0.3) is 0 Å². The van der Waals surface area contributed by atoms with Crippen LogP contribution in [0.4, 0.5) is 23.3 Å². The van der Waals surface area contributed by atoms with Gasteiger partial charge in [0.15, 0.2) is 17.3 Å². The summed E-state index contributed by atoms with van der Waals surface area (Å²) in [5.41, 5.74) is 17.0. The van der Waals surface area contributed by atoms with Crippen molar-refractivity contribution < 1.29 is 9.90 Å². The second kappa shape index (κ2) is 5.34. The fourth-order valence-corrected chi connectivity index (χ4v) is 1.64. The molecule has 9 nitrogen and oxygen atoms in total. The van der Waals surface area contributed by atoms with Gasteiger partial charge in [0.1, 0.15) is 0 Å². The van der Waals surface area contributed by atoms with Crippen LogP contribution in [0.15, 0.2) is 34.0 Å². The lowest BCUT2D eigenvalue weighted by atomic mass is 10.0. The van der Waals surface area contributed by atoms with Gasteiger partial charge in [-0.2, -0.15) is 15.1 Å². The molecule has 1 atom stereocenters. The van der Waals surface area contributed by atoms with Crippen LogP contribution in [-0.2, 0) is 4.79 Å². The standard InChI is InChI=1S/C11H13N7O2/c12-8-7(9(13)16-11(14)15-8)18-17-6-3-1-2-5(4-6)10(19)20/h1-3,6H,4H2,(H,19,20)(H6,12,13,14,15,16). The van der Waals surface area contributed by atoms with Crippen LogP contribution >= 0.6 is 0 Å². The lowest BCUT2D eigenvalue weighted by Crippen LogP contribution is -2.11. The molecular formula is C11H13N7O2. The van der Waals surface area contributed by atoms with Crippen LogP contribution in [0.3, 0.4) is 0 Å². The first-order valence-electron chi connectivity index (χ1n) is 5.67. The summed E-state index contributed by atoms with van der Waals surface area (Å²) in [6.07, 6.45) is 5.09. The Hall–Kier alpha value is -2.97. The van der Waals surface area contributed by atoms with Gasteiger partial charge in [0, 0.05) is 12.0 Å². The van der Waals surface area contributed by atoms with E-state index in [-0.39, 0.29) is 35.3 Å². The highest BCUT2D eigenvalue weighted by molar-refractivity contribution is 5.87. The Labute approximate surface area is 113 Å². The number of carboxylic acids is 1. The van der Waals surface area contributed by atoms with Crippen LogP contribution in [0, 0.1) is 0 Å². The fourth-order valence-electron chi connectivity index (χ4n) is 1.64. The first-order valence-corrected chi connectivity index (χ1v) is 5.67. The summed E-state index contributed by atoms with van der Waals surface area (Å²) in [5, 5.41) is 16.8. The maximum absolute atomic E-state index is 10.9. The Kier molecular flexibility index (Phi) is 3.60. The SMILES string of the molecule is Nc1nc(N)c(N=NC2C=CC=C(C(=O)O)C2)c(N)n1. The van der Waals surface area contributed by atoms with Gasteiger partial charge in [0.2, 0.25) is 5.95 Å². The molecule has 0 amide bonds. The van der Waals surface area contributed by atoms with E-state index in [1.54, 1.807) is 12.2 Å². The third kappa shape index (κ3) is 2.88. The maximum Gasteiger partial charge on any atom is 0.331 e. The number of allylic oxidation sites excluding steroid dienone is 2. The van der Waals surface area contributed by atoms with Crippen LogP contribution in [0.5, 0.6) is 0 Å². The van der Waals surface area contributed by atoms with Crippen molar-refractivity contribution in [3.63, 3.8) is 0 Å². The highest BCUT2D eigenvalue weighted by atomic mass is 16.4. The van der Waals surface area contributed by atoms with Gasteiger partial charge in [-0.15, -0.1) is 5.11 Å². The molecule has 1 unspecified atom stereocenters. The summed E-state index contributed by atoms with van der Waals surface area (Å²) in [6.45, 7) is 0. The van der Waals surface area contributed by atoms with E-state index in [4.69, 9.17) is 22.3 Å². The summed E-state index contributed by atoms with van der Waals surface area (Å²) in [4.78, 5) is 18.3. The molecule has 1 aliphatic rings. The summed E-state index contributed by atoms with van der Waals surface area (Å²) < 4.78 is 0. The highest BCUT2D eigenvalue weighted by Crippen LogP contribution is 2.28. The lowest BCUT2D eigenvalue weighted by Gasteiger charge is -2.11. The van der Waals surface area contributed by atoms with E-state index < -0.39 is 12.0 Å². The maximum atomic E-state index is 10.9. The van der Waals surface area contributed by atoms with Gasteiger partial charge in [-0.1, -0.05) is 18.2 Å². The van der Waals surface area contributed by atoms with Crippen molar-refractivity contribution in [2.75, 3.05) is 17.2 Å². The minimum Gasteiger partial charge on any atom is -0.478 e. The molecule has 0 saturated heterocycles. The Morgan fingerprint density at radius 2 is 1.95 bits per heavy atom. The molecule has 1 aromatic heterocycles. The summed E-state index contributed by atoms with van der Waals surface area (Å²) in [6, 6.07) is -0.401. The van der Waals surface area contributed by atoms with E-state index in [9.17, 15) is 4.79 Å². The Morgan fingerprint density at radius 3 is 2.55 bits per heavy atom. The lowest BCUT2D eigenvalue weighted by molar-refractivity contribution is -0.132. The summed E-state index contributed by atoms with van der Waals surface area (Å²) in [5.74, 6) is -0.989. The van der Waals surface area contributed by atoms with E-state index in [1.807, 2.05) is 0 Å². The number of aliphatic carboxylic acids is 1. The summed E-state index contributed by atoms with van der Waals surface area (Å²) >= 11 is 0. The first kappa shape index (κ1) is 13.5. The zero-order chi connectivity index (χ0) is 14.7. The minimum atomic E-state index is -0.982. The third-order valence-electron chi connectivity index (χ3n) is 2.60. The van der Waals surface area contributed by atoms with Gasteiger partial charge in [0.05, 0.1) is 6.04 Å². The zero-order valence-electron chi connectivity index (χ0n) is 10.4. The second-order valence-corrected chi connectivity index (χ2v) is 4.07. The molecule has 1 heterocycles. The number of hydrogen-bond acceptors (Lipinski definition) is 8. The van der Waals surface area contributed by atoms with Crippen LogP contribution in [0.1, 0.15) is 6.42 Å². The number of rotatable bonds is 3. The predicted molar refractivity (Wildman–Crippen MR) is 73.0 cm³/mol. The normalized spacial score (nSPS) is 18.2. The van der Waals surface area contributed by atoms with Crippen LogP contribution in [-0.4, -0.2) is 27.1 Å². The average molecular weight is 275 g/mol. The predicted octanol–water partition coefficient (Wildman–Crippen LogP) is 0.646. The molecule has 0 fully saturated rings. The zero-order valence-corrected chi connectivity index (χ0v) is 10.4. The molecule has 0 aromatic carbocycles. The van der Waals surface area contributed by atoms with Crippen LogP contribution < -0.4 is 17.2 Å². The molecule has 1 aromatic rings. The fraction of sp³-hybridized carbons (Fsp3) is 0.182. The van der Waals surface area contributed by atoms with Crippen molar-refractivity contribution in [2.24, 2.45) is 10.2 Å². The smallest absolute Gasteiger partial charge is 0.331 e. The van der Waals surface area contributed by atoms with Gasteiger partial charge >= 0.3 is 5.97 Å². The molecule has 0 radical (unpaired) electrons. The number of aromatic nitrogens is 2. The number of hydrogen-bond donors (Lipinski definition) is 4. The van der Waals surface area contributed by atoms with Gasteiger partial charge in [-0.3, -0.25) is 0 Å². The second-order valence-electron chi connectivity index (χ2n) is 4.07. The minimum absolute atomic E-state index is 0.0209. The summed E-state index contributed by atoms with van der Waals surface area (Å²) in [7, 11) is 0. The largest absolute Gasteiger partial charge is 0.478 e.